The summed E-state index contributed by atoms with van der Waals surface area (Å²) in [6.45, 7) is 3.31. The minimum atomic E-state index is 0.0409. The predicted molar refractivity (Wildman–Crippen MR) is 95.7 cm³/mol. The predicted octanol–water partition coefficient (Wildman–Crippen LogP) is 4.49. The first-order valence-corrected chi connectivity index (χ1v) is 8.86. The van der Waals surface area contributed by atoms with E-state index in [2.05, 4.69) is 15.6 Å². The van der Waals surface area contributed by atoms with Gasteiger partial charge in [0, 0.05) is 6.61 Å². The SMILES string of the molecule is Cc1oc(-c2ccco2)nc1Cn1c([C@H]2CCCO2)nc2ccccc21. The van der Waals surface area contributed by atoms with Crippen LogP contribution in [0.1, 0.15) is 36.2 Å². The molecule has 0 aliphatic carbocycles. The summed E-state index contributed by atoms with van der Waals surface area (Å²) in [7, 11) is 0. The van der Waals surface area contributed by atoms with Crippen molar-refractivity contribution in [3.05, 3.63) is 59.9 Å². The summed E-state index contributed by atoms with van der Waals surface area (Å²) < 4.78 is 19.3. The summed E-state index contributed by atoms with van der Waals surface area (Å²) in [5.74, 6) is 2.89. The fraction of sp³-hybridized carbons (Fsp3) is 0.300. The maximum Gasteiger partial charge on any atom is 0.263 e. The van der Waals surface area contributed by atoms with E-state index in [0.29, 0.717) is 18.2 Å². The van der Waals surface area contributed by atoms with Gasteiger partial charge >= 0.3 is 0 Å². The van der Waals surface area contributed by atoms with E-state index in [1.165, 1.54) is 0 Å². The second-order valence-corrected chi connectivity index (χ2v) is 6.55. The third-order valence-electron chi connectivity index (χ3n) is 4.83. The molecule has 0 bridgehead atoms. The number of hydrogen-bond acceptors (Lipinski definition) is 5. The second-order valence-electron chi connectivity index (χ2n) is 6.55. The fourth-order valence-electron chi connectivity index (χ4n) is 3.52. The zero-order valence-electron chi connectivity index (χ0n) is 14.5. The number of imidazole rings is 1. The van der Waals surface area contributed by atoms with Gasteiger partial charge in [-0.25, -0.2) is 9.97 Å². The first kappa shape index (κ1) is 15.4. The number of aryl methyl sites for hydroxylation is 1. The molecule has 0 N–H and O–H groups in total. The number of rotatable bonds is 4. The smallest absolute Gasteiger partial charge is 0.263 e. The molecule has 6 nitrogen and oxygen atoms in total. The lowest BCUT2D eigenvalue weighted by atomic mass is 10.2. The van der Waals surface area contributed by atoms with E-state index in [9.17, 15) is 0 Å². The Morgan fingerprint density at radius 3 is 2.88 bits per heavy atom. The largest absolute Gasteiger partial charge is 0.459 e. The van der Waals surface area contributed by atoms with Crippen molar-refractivity contribution in [1.29, 1.82) is 0 Å². The summed E-state index contributed by atoms with van der Waals surface area (Å²) in [6.07, 6.45) is 3.73. The Bertz CT molecular complexity index is 1040. The summed E-state index contributed by atoms with van der Waals surface area (Å²) in [4.78, 5) is 9.49. The molecule has 3 aromatic heterocycles. The number of para-hydroxylation sites is 2. The topological polar surface area (TPSA) is 66.2 Å². The molecular formula is C20H19N3O3. The monoisotopic (exact) mass is 349 g/mol. The molecule has 0 saturated carbocycles. The van der Waals surface area contributed by atoms with Gasteiger partial charge in [0.2, 0.25) is 0 Å². The van der Waals surface area contributed by atoms with Crippen LogP contribution in [0.5, 0.6) is 0 Å². The third-order valence-corrected chi connectivity index (χ3v) is 4.83. The second kappa shape index (κ2) is 6.14. The van der Waals surface area contributed by atoms with Crippen molar-refractivity contribution in [3.63, 3.8) is 0 Å². The van der Waals surface area contributed by atoms with Crippen molar-refractivity contribution < 1.29 is 13.6 Å². The van der Waals surface area contributed by atoms with Crippen molar-refractivity contribution in [1.82, 2.24) is 14.5 Å². The van der Waals surface area contributed by atoms with Crippen molar-refractivity contribution in [2.45, 2.75) is 32.4 Å². The highest BCUT2D eigenvalue weighted by Crippen LogP contribution is 2.32. The lowest BCUT2D eigenvalue weighted by Gasteiger charge is -2.12. The highest BCUT2D eigenvalue weighted by atomic mass is 16.5. The quantitative estimate of drug-likeness (QED) is 0.543. The average molecular weight is 349 g/mol. The zero-order chi connectivity index (χ0) is 17.5. The fourth-order valence-corrected chi connectivity index (χ4v) is 3.52. The standard InChI is InChI=1S/C20H19N3O3/c1-13-15(22-20(26-13)18-9-5-11-25-18)12-23-16-7-3-2-6-14(16)21-19(23)17-8-4-10-24-17/h2-3,5-7,9,11,17H,4,8,10,12H2,1H3/t17-/m1/s1. The van der Waals surface area contributed by atoms with Crippen LogP contribution < -0.4 is 0 Å². The molecule has 26 heavy (non-hydrogen) atoms. The Morgan fingerprint density at radius 2 is 2.08 bits per heavy atom. The third kappa shape index (κ3) is 2.54. The number of furan rings is 1. The number of hydrogen-bond donors (Lipinski definition) is 0. The average Bonchev–Trinajstić information content (AvgIpc) is 3.43. The van der Waals surface area contributed by atoms with Crippen LogP contribution in [0.15, 0.2) is 51.5 Å². The summed E-state index contributed by atoms with van der Waals surface area (Å²) in [5.41, 5.74) is 2.93. The van der Waals surface area contributed by atoms with Gasteiger partial charge in [0.25, 0.3) is 5.89 Å². The molecular weight excluding hydrogens is 330 g/mol. The highest BCUT2D eigenvalue weighted by molar-refractivity contribution is 5.76. The van der Waals surface area contributed by atoms with Crippen LogP contribution in [0.2, 0.25) is 0 Å². The van der Waals surface area contributed by atoms with E-state index in [1.54, 1.807) is 6.26 Å². The van der Waals surface area contributed by atoms with Gasteiger partial charge in [-0.1, -0.05) is 12.1 Å². The van der Waals surface area contributed by atoms with Crippen LogP contribution in [-0.2, 0) is 11.3 Å². The minimum absolute atomic E-state index is 0.0409. The molecule has 132 valence electrons. The van der Waals surface area contributed by atoms with E-state index >= 15 is 0 Å². The van der Waals surface area contributed by atoms with Crippen LogP contribution in [0, 0.1) is 6.92 Å². The van der Waals surface area contributed by atoms with E-state index in [-0.39, 0.29) is 6.10 Å². The molecule has 1 aliphatic rings. The van der Waals surface area contributed by atoms with E-state index in [1.807, 2.05) is 37.3 Å². The van der Waals surface area contributed by atoms with E-state index < -0.39 is 0 Å². The maximum atomic E-state index is 5.90. The van der Waals surface area contributed by atoms with Gasteiger partial charge in [0.15, 0.2) is 5.76 Å². The molecule has 1 fully saturated rings. The molecule has 1 atom stereocenters. The highest BCUT2D eigenvalue weighted by Gasteiger charge is 2.25. The number of benzene rings is 1. The molecule has 4 heterocycles. The molecule has 0 spiro atoms. The zero-order valence-corrected chi connectivity index (χ0v) is 14.5. The number of aromatic nitrogens is 3. The number of oxazole rings is 1. The number of fused-ring (bicyclic) bond motifs is 1. The Morgan fingerprint density at radius 1 is 1.15 bits per heavy atom. The molecule has 6 heteroatoms. The number of nitrogens with zero attached hydrogens (tertiary/aromatic N) is 3. The van der Waals surface area contributed by atoms with Gasteiger partial charge < -0.3 is 18.1 Å². The van der Waals surface area contributed by atoms with Gasteiger partial charge in [-0.05, 0) is 44.0 Å². The minimum Gasteiger partial charge on any atom is -0.459 e. The summed E-state index contributed by atoms with van der Waals surface area (Å²) >= 11 is 0. The molecule has 1 aromatic carbocycles. The van der Waals surface area contributed by atoms with Gasteiger partial charge in [-0.2, -0.15) is 0 Å². The van der Waals surface area contributed by atoms with Crippen molar-refractivity contribution >= 4 is 11.0 Å². The molecule has 0 unspecified atom stereocenters. The van der Waals surface area contributed by atoms with Crippen LogP contribution in [-0.4, -0.2) is 21.1 Å². The normalized spacial score (nSPS) is 17.3. The lowest BCUT2D eigenvalue weighted by molar-refractivity contribution is 0.103. The molecule has 5 rings (SSSR count). The Kier molecular flexibility index (Phi) is 3.64. The molecule has 0 amide bonds. The van der Waals surface area contributed by atoms with Crippen molar-refractivity contribution in [3.8, 4) is 11.7 Å². The Balaban J connectivity index is 1.58. The first-order chi connectivity index (χ1) is 12.8. The molecule has 4 aromatic rings. The van der Waals surface area contributed by atoms with Gasteiger partial charge in [-0.3, -0.25) is 0 Å². The molecule has 1 aliphatic heterocycles. The van der Waals surface area contributed by atoms with Crippen LogP contribution in [0.3, 0.4) is 0 Å². The van der Waals surface area contributed by atoms with Crippen molar-refractivity contribution in [2.75, 3.05) is 6.61 Å². The van der Waals surface area contributed by atoms with Crippen molar-refractivity contribution in [2.24, 2.45) is 0 Å². The van der Waals surface area contributed by atoms with E-state index in [0.717, 1.165) is 47.8 Å². The van der Waals surface area contributed by atoms with Crippen LogP contribution in [0.25, 0.3) is 22.7 Å². The number of ether oxygens (including phenoxy) is 1. The van der Waals surface area contributed by atoms with E-state index in [4.69, 9.17) is 18.6 Å². The summed E-state index contributed by atoms with van der Waals surface area (Å²) in [6, 6.07) is 11.8. The Labute approximate surface area is 150 Å². The van der Waals surface area contributed by atoms with Gasteiger partial charge in [0.1, 0.15) is 23.4 Å². The first-order valence-electron chi connectivity index (χ1n) is 8.86. The maximum absolute atomic E-state index is 5.90. The summed E-state index contributed by atoms with van der Waals surface area (Å²) in [5, 5.41) is 0. The molecule has 1 saturated heterocycles. The van der Waals surface area contributed by atoms with Gasteiger partial charge in [0.05, 0.1) is 23.8 Å². The Hall–Kier alpha value is -2.86. The van der Waals surface area contributed by atoms with Crippen LogP contribution >= 0.6 is 0 Å². The lowest BCUT2D eigenvalue weighted by Crippen LogP contribution is -2.10. The van der Waals surface area contributed by atoms with Gasteiger partial charge in [-0.15, -0.1) is 0 Å². The molecule has 0 radical (unpaired) electrons. The van der Waals surface area contributed by atoms with Crippen LogP contribution in [0.4, 0.5) is 0 Å².